The first-order chi connectivity index (χ1) is 8.96. The minimum Gasteiger partial charge on any atom is -0.313 e. The topological polar surface area (TPSA) is 73.2 Å². The molecule has 1 aromatic carbocycles. The van der Waals surface area contributed by atoms with Crippen LogP contribution in [0.3, 0.4) is 0 Å². The number of halogens is 2. The van der Waals surface area contributed by atoms with Gasteiger partial charge in [-0.2, -0.15) is 9.57 Å². The Labute approximate surface area is 115 Å². The molecule has 2 rings (SSSR count). The van der Waals surface area contributed by atoms with E-state index in [9.17, 15) is 12.8 Å². The third kappa shape index (κ3) is 2.72. The first kappa shape index (κ1) is 14.2. The number of nitrogens with one attached hydrogen (secondary N) is 1. The number of nitriles is 1. The second-order valence-corrected chi connectivity index (χ2v) is 6.31. The van der Waals surface area contributed by atoms with E-state index in [0.717, 1.165) is 22.5 Å². The molecule has 1 N–H and O–H groups in total. The lowest BCUT2D eigenvalue weighted by atomic mass is 10.3. The van der Waals surface area contributed by atoms with Crippen LogP contribution >= 0.6 is 11.6 Å². The molecule has 0 amide bonds. The lowest BCUT2D eigenvalue weighted by Crippen LogP contribution is -2.52. The fourth-order valence-corrected chi connectivity index (χ4v) is 3.94. The highest BCUT2D eigenvalue weighted by molar-refractivity contribution is 7.89. The summed E-state index contributed by atoms with van der Waals surface area (Å²) >= 11 is 5.78. The Kier molecular flexibility index (Phi) is 4.06. The van der Waals surface area contributed by atoms with Crippen LogP contribution in [0.25, 0.3) is 0 Å². The fourth-order valence-electron chi connectivity index (χ4n) is 1.89. The highest BCUT2D eigenvalue weighted by Gasteiger charge is 2.34. The average molecular weight is 304 g/mol. The van der Waals surface area contributed by atoms with Crippen molar-refractivity contribution in [1.82, 2.24) is 9.62 Å². The van der Waals surface area contributed by atoms with Gasteiger partial charge in [-0.1, -0.05) is 11.6 Å². The lowest BCUT2D eigenvalue weighted by molar-refractivity contribution is 0.312. The Hall–Kier alpha value is -1.20. The molecular formula is C11H11ClFN3O2S. The van der Waals surface area contributed by atoms with Crippen LogP contribution in [0.2, 0.25) is 5.02 Å². The molecule has 1 aliphatic rings. The summed E-state index contributed by atoms with van der Waals surface area (Å²) in [7, 11) is -3.90. The van der Waals surface area contributed by atoms with E-state index >= 15 is 0 Å². The van der Waals surface area contributed by atoms with Gasteiger partial charge in [-0.25, -0.2) is 12.8 Å². The maximum Gasteiger partial charge on any atom is 0.245 e. The quantitative estimate of drug-likeness (QED) is 0.883. The number of nitrogens with zero attached hydrogens (tertiary/aromatic N) is 2. The standard InChI is InChI=1S/C11H11ClFN3O2S/c12-10-5-8(13)1-2-11(10)19(17,18)16-4-3-15-7-9(16)6-14/h1-2,5,9,15H,3-4,7H2. The van der Waals surface area contributed by atoms with E-state index in [1.807, 2.05) is 6.07 Å². The van der Waals surface area contributed by atoms with Crippen LogP contribution in [0.4, 0.5) is 4.39 Å². The lowest BCUT2D eigenvalue weighted by Gasteiger charge is -2.31. The molecule has 19 heavy (non-hydrogen) atoms. The van der Waals surface area contributed by atoms with E-state index in [1.165, 1.54) is 0 Å². The van der Waals surface area contributed by atoms with Gasteiger partial charge in [-0.05, 0) is 18.2 Å². The molecule has 1 aliphatic heterocycles. The van der Waals surface area contributed by atoms with Gasteiger partial charge in [0.15, 0.2) is 0 Å². The molecule has 0 spiro atoms. The summed E-state index contributed by atoms with van der Waals surface area (Å²) in [5, 5.41) is 11.8. The van der Waals surface area contributed by atoms with Crippen LogP contribution in [0.15, 0.2) is 23.1 Å². The van der Waals surface area contributed by atoms with Gasteiger partial charge >= 0.3 is 0 Å². The molecule has 5 nitrogen and oxygen atoms in total. The number of hydrogen-bond acceptors (Lipinski definition) is 4. The summed E-state index contributed by atoms with van der Waals surface area (Å²) in [5.74, 6) is -0.610. The van der Waals surface area contributed by atoms with Crippen molar-refractivity contribution in [1.29, 1.82) is 5.26 Å². The highest BCUT2D eigenvalue weighted by atomic mass is 35.5. The maximum absolute atomic E-state index is 13.0. The average Bonchev–Trinajstić information content (AvgIpc) is 2.38. The van der Waals surface area contributed by atoms with Crippen molar-refractivity contribution in [2.24, 2.45) is 0 Å². The van der Waals surface area contributed by atoms with Crippen LogP contribution < -0.4 is 5.32 Å². The second kappa shape index (κ2) is 5.43. The summed E-state index contributed by atoms with van der Waals surface area (Å²) in [5.41, 5.74) is 0. The SMILES string of the molecule is N#CC1CNCCN1S(=O)(=O)c1ccc(F)cc1Cl. The number of hydrogen-bond donors (Lipinski definition) is 1. The number of benzene rings is 1. The predicted molar refractivity (Wildman–Crippen MR) is 67.6 cm³/mol. The van der Waals surface area contributed by atoms with Crippen LogP contribution in [-0.2, 0) is 10.0 Å². The van der Waals surface area contributed by atoms with Crippen LogP contribution in [0.1, 0.15) is 0 Å². The van der Waals surface area contributed by atoms with E-state index < -0.39 is 21.9 Å². The summed E-state index contributed by atoms with van der Waals surface area (Å²) in [6, 6.07) is 4.22. The Morgan fingerprint density at radius 3 is 2.89 bits per heavy atom. The van der Waals surface area contributed by atoms with Crippen LogP contribution in [0.5, 0.6) is 0 Å². The Morgan fingerprint density at radius 2 is 2.26 bits per heavy atom. The molecule has 1 unspecified atom stereocenters. The molecule has 0 bridgehead atoms. The van der Waals surface area contributed by atoms with Gasteiger partial charge in [-0.15, -0.1) is 0 Å². The highest BCUT2D eigenvalue weighted by Crippen LogP contribution is 2.26. The number of sulfonamides is 1. The Balaban J connectivity index is 2.44. The van der Waals surface area contributed by atoms with Crippen molar-refractivity contribution in [3.8, 4) is 6.07 Å². The van der Waals surface area contributed by atoms with E-state index in [1.54, 1.807) is 0 Å². The molecule has 1 saturated heterocycles. The molecule has 8 heteroatoms. The Morgan fingerprint density at radius 1 is 1.53 bits per heavy atom. The monoisotopic (exact) mass is 303 g/mol. The summed E-state index contributed by atoms with van der Waals surface area (Å²) in [6.45, 7) is 0.888. The molecular weight excluding hydrogens is 293 g/mol. The van der Waals surface area contributed by atoms with Crippen molar-refractivity contribution in [2.75, 3.05) is 19.6 Å². The normalized spacial score (nSPS) is 21.0. The van der Waals surface area contributed by atoms with Crippen molar-refractivity contribution >= 4 is 21.6 Å². The van der Waals surface area contributed by atoms with E-state index in [-0.39, 0.29) is 23.0 Å². The summed E-state index contributed by atoms with van der Waals surface area (Å²) < 4.78 is 38.9. The van der Waals surface area contributed by atoms with Crippen LogP contribution in [0, 0.1) is 17.1 Å². The zero-order valence-corrected chi connectivity index (χ0v) is 11.4. The molecule has 0 aromatic heterocycles. The molecule has 0 saturated carbocycles. The molecule has 0 radical (unpaired) electrons. The van der Waals surface area contributed by atoms with Crippen molar-refractivity contribution in [3.63, 3.8) is 0 Å². The summed E-state index contributed by atoms with van der Waals surface area (Å²) in [4.78, 5) is -0.183. The Bertz CT molecular complexity index is 629. The molecule has 0 aliphatic carbocycles. The van der Waals surface area contributed by atoms with E-state index in [2.05, 4.69) is 5.32 Å². The van der Waals surface area contributed by atoms with Gasteiger partial charge < -0.3 is 5.32 Å². The van der Waals surface area contributed by atoms with E-state index in [4.69, 9.17) is 16.9 Å². The molecule has 1 atom stereocenters. The van der Waals surface area contributed by atoms with Gasteiger partial charge in [0.25, 0.3) is 0 Å². The number of piperazine rings is 1. The molecule has 102 valence electrons. The summed E-state index contributed by atoms with van der Waals surface area (Å²) in [6.07, 6.45) is 0. The smallest absolute Gasteiger partial charge is 0.245 e. The van der Waals surface area contributed by atoms with Gasteiger partial charge in [0.05, 0.1) is 11.1 Å². The molecule has 1 fully saturated rings. The predicted octanol–water partition coefficient (Wildman–Crippen LogP) is 0.965. The minimum atomic E-state index is -3.90. The third-order valence-corrected chi connectivity index (χ3v) is 5.21. The molecule has 1 aromatic rings. The van der Waals surface area contributed by atoms with Gasteiger partial charge in [0.2, 0.25) is 10.0 Å². The van der Waals surface area contributed by atoms with Gasteiger partial charge in [0.1, 0.15) is 16.8 Å². The minimum absolute atomic E-state index is 0.175. The zero-order valence-electron chi connectivity index (χ0n) is 9.81. The van der Waals surface area contributed by atoms with E-state index in [0.29, 0.717) is 6.54 Å². The van der Waals surface area contributed by atoms with Crippen molar-refractivity contribution in [3.05, 3.63) is 29.0 Å². The zero-order chi connectivity index (χ0) is 14.0. The van der Waals surface area contributed by atoms with Crippen LogP contribution in [-0.4, -0.2) is 38.4 Å². The third-order valence-electron chi connectivity index (χ3n) is 2.82. The number of rotatable bonds is 2. The first-order valence-corrected chi connectivity index (χ1v) is 7.36. The van der Waals surface area contributed by atoms with Crippen molar-refractivity contribution < 1.29 is 12.8 Å². The first-order valence-electron chi connectivity index (χ1n) is 5.54. The second-order valence-electron chi connectivity index (χ2n) is 4.04. The van der Waals surface area contributed by atoms with Gasteiger partial charge in [0, 0.05) is 19.6 Å². The van der Waals surface area contributed by atoms with Gasteiger partial charge in [-0.3, -0.25) is 0 Å². The maximum atomic E-state index is 13.0. The largest absolute Gasteiger partial charge is 0.313 e. The van der Waals surface area contributed by atoms with Crippen molar-refractivity contribution in [2.45, 2.75) is 10.9 Å². The molecule has 1 heterocycles. The fraction of sp³-hybridized carbons (Fsp3) is 0.364.